The van der Waals surface area contributed by atoms with Crippen LogP contribution in [-0.2, 0) is 28.1 Å². The van der Waals surface area contributed by atoms with E-state index in [1.54, 1.807) is 0 Å². The predicted molar refractivity (Wildman–Crippen MR) is 133 cm³/mol. The van der Waals surface area contributed by atoms with E-state index >= 15 is 0 Å². The Morgan fingerprint density at radius 1 is 0.946 bits per heavy atom. The van der Waals surface area contributed by atoms with Crippen molar-refractivity contribution < 1.29 is 23.1 Å². The SMILES string of the molecule is O=C(OCc1cccc(F)c1F)N1C[C@@]1(Cc1c[nH]c2ccccc12)C(=O)NC1(c2ccccc2)CC1. The van der Waals surface area contributed by atoms with Crippen LogP contribution >= 0.6 is 0 Å². The van der Waals surface area contributed by atoms with Crippen molar-refractivity contribution in [2.75, 3.05) is 6.54 Å². The van der Waals surface area contributed by atoms with Crippen LogP contribution in [0.3, 0.4) is 0 Å². The minimum atomic E-state index is -1.15. The molecule has 8 heteroatoms. The van der Waals surface area contributed by atoms with Crippen LogP contribution in [0.15, 0.2) is 79.0 Å². The molecule has 2 N–H and O–H groups in total. The molecule has 37 heavy (non-hydrogen) atoms. The number of ether oxygens (including phenoxy) is 1. The van der Waals surface area contributed by atoms with Gasteiger partial charge < -0.3 is 15.0 Å². The van der Waals surface area contributed by atoms with Gasteiger partial charge in [-0.3, -0.25) is 9.69 Å². The zero-order chi connectivity index (χ0) is 25.6. The zero-order valence-electron chi connectivity index (χ0n) is 20.0. The Labute approximate surface area is 212 Å². The molecule has 1 aromatic heterocycles. The summed E-state index contributed by atoms with van der Waals surface area (Å²) in [5.41, 5.74) is 1.21. The molecule has 1 atom stereocenters. The van der Waals surface area contributed by atoms with Crippen LogP contribution in [0.1, 0.15) is 29.5 Å². The number of aromatic amines is 1. The first-order valence-electron chi connectivity index (χ1n) is 12.2. The second-order valence-electron chi connectivity index (χ2n) is 9.82. The predicted octanol–water partition coefficient (Wildman–Crippen LogP) is 5.19. The maximum Gasteiger partial charge on any atom is 0.411 e. The summed E-state index contributed by atoms with van der Waals surface area (Å²) < 4.78 is 32.9. The van der Waals surface area contributed by atoms with Crippen molar-refractivity contribution in [3.05, 3.63) is 107 Å². The topological polar surface area (TPSA) is 74.2 Å². The molecule has 1 aliphatic heterocycles. The molecule has 2 fully saturated rings. The molecule has 2 aliphatic rings. The number of H-pyrrole nitrogens is 1. The molecular formula is C29H25F2N3O3. The van der Waals surface area contributed by atoms with Crippen molar-refractivity contribution in [1.82, 2.24) is 15.2 Å². The van der Waals surface area contributed by atoms with E-state index in [4.69, 9.17) is 4.74 Å². The number of carbonyl (C=O) groups excluding carboxylic acids is 2. The number of nitrogens with zero attached hydrogens (tertiary/aromatic N) is 1. The van der Waals surface area contributed by atoms with Gasteiger partial charge in [0, 0.05) is 29.1 Å². The third-order valence-electron chi connectivity index (χ3n) is 7.45. The Bertz CT molecular complexity index is 1500. The number of carbonyl (C=O) groups is 2. The summed E-state index contributed by atoms with van der Waals surface area (Å²) in [7, 11) is 0. The third-order valence-corrected chi connectivity index (χ3v) is 7.45. The van der Waals surface area contributed by atoms with E-state index in [1.165, 1.54) is 17.0 Å². The Morgan fingerprint density at radius 2 is 1.70 bits per heavy atom. The molecule has 0 spiro atoms. The molecule has 6 nitrogen and oxygen atoms in total. The first kappa shape index (κ1) is 23.2. The first-order valence-corrected chi connectivity index (χ1v) is 12.2. The lowest BCUT2D eigenvalue weighted by Crippen LogP contribution is -2.47. The van der Waals surface area contributed by atoms with E-state index in [9.17, 15) is 18.4 Å². The molecule has 188 valence electrons. The van der Waals surface area contributed by atoms with Crippen LogP contribution in [0.2, 0.25) is 0 Å². The molecule has 6 rings (SSSR count). The second-order valence-corrected chi connectivity index (χ2v) is 9.82. The number of para-hydroxylation sites is 1. The number of aromatic nitrogens is 1. The second kappa shape index (κ2) is 8.73. The summed E-state index contributed by atoms with van der Waals surface area (Å²) >= 11 is 0. The van der Waals surface area contributed by atoms with E-state index in [0.29, 0.717) is 0 Å². The van der Waals surface area contributed by atoms with Gasteiger partial charge in [0.25, 0.3) is 0 Å². The Kier molecular flexibility index (Phi) is 5.47. The fourth-order valence-corrected chi connectivity index (χ4v) is 5.06. The van der Waals surface area contributed by atoms with Crippen LogP contribution in [0, 0.1) is 11.6 Å². The molecule has 2 heterocycles. The van der Waals surface area contributed by atoms with Crippen LogP contribution in [0.5, 0.6) is 0 Å². The lowest BCUT2D eigenvalue weighted by molar-refractivity contribution is -0.125. The van der Waals surface area contributed by atoms with Crippen molar-refractivity contribution in [1.29, 1.82) is 0 Å². The number of hydrogen-bond donors (Lipinski definition) is 2. The Hall–Kier alpha value is -4.20. The number of rotatable bonds is 7. The van der Waals surface area contributed by atoms with Crippen LogP contribution in [-0.4, -0.2) is 34.0 Å². The van der Waals surface area contributed by atoms with Gasteiger partial charge >= 0.3 is 6.09 Å². The number of benzene rings is 3. The highest BCUT2D eigenvalue weighted by atomic mass is 19.2. The monoisotopic (exact) mass is 501 g/mol. The van der Waals surface area contributed by atoms with E-state index in [-0.39, 0.29) is 24.4 Å². The summed E-state index contributed by atoms with van der Waals surface area (Å²) in [6, 6.07) is 21.3. The van der Waals surface area contributed by atoms with Crippen molar-refractivity contribution >= 4 is 22.9 Å². The van der Waals surface area contributed by atoms with E-state index < -0.39 is 35.4 Å². The number of amides is 2. The molecule has 0 radical (unpaired) electrons. The Balaban J connectivity index is 1.25. The van der Waals surface area contributed by atoms with Crippen molar-refractivity contribution in [2.45, 2.75) is 36.9 Å². The average Bonchev–Trinajstić information content (AvgIpc) is 3.82. The molecule has 1 saturated heterocycles. The van der Waals surface area contributed by atoms with Crippen molar-refractivity contribution in [3.8, 4) is 0 Å². The van der Waals surface area contributed by atoms with Crippen LogP contribution in [0.4, 0.5) is 13.6 Å². The lowest BCUT2D eigenvalue weighted by atomic mass is 9.96. The van der Waals surface area contributed by atoms with Crippen molar-refractivity contribution in [3.63, 3.8) is 0 Å². The van der Waals surface area contributed by atoms with E-state index in [2.05, 4.69) is 10.3 Å². The van der Waals surface area contributed by atoms with Gasteiger partial charge in [0.1, 0.15) is 12.1 Å². The fourth-order valence-electron chi connectivity index (χ4n) is 5.06. The maximum atomic E-state index is 14.1. The van der Waals surface area contributed by atoms with Gasteiger partial charge in [-0.05, 0) is 36.1 Å². The van der Waals surface area contributed by atoms with E-state index in [1.807, 2.05) is 60.8 Å². The number of halogens is 2. The van der Waals surface area contributed by atoms with Crippen LogP contribution in [0.25, 0.3) is 10.9 Å². The smallest absolute Gasteiger partial charge is 0.411 e. The maximum absolute atomic E-state index is 14.1. The van der Waals surface area contributed by atoms with Gasteiger partial charge in [-0.2, -0.15) is 0 Å². The minimum absolute atomic E-state index is 0.0668. The highest BCUT2D eigenvalue weighted by molar-refractivity contribution is 5.97. The number of hydrogen-bond acceptors (Lipinski definition) is 3. The molecule has 3 aromatic carbocycles. The molecular weight excluding hydrogens is 476 g/mol. The van der Waals surface area contributed by atoms with Gasteiger partial charge in [0.2, 0.25) is 5.91 Å². The quantitative estimate of drug-likeness (QED) is 0.343. The molecule has 0 bridgehead atoms. The highest BCUT2D eigenvalue weighted by Gasteiger charge is 2.63. The summed E-state index contributed by atoms with van der Waals surface area (Å²) in [6.45, 7) is -0.272. The summed E-state index contributed by atoms with van der Waals surface area (Å²) in [5, 5.41) is 4.19. The minimum Gasteiger partial charge on any atom is -0.444 e. The van der Waals surface area contributed by atoms with E-state index in [0.717, 1.165) is 40.9 Å². The molecule has 1 aliphatic carbocycles. The van der Waals surface area contributed by atoms with Gasteiger partial charge in [-0.15, -0.1) is 0 Å². The average molecular weight is 502 g/mol. The molecule has 0 unspecified atom stereocenters. The van der Waals surface area contributed by atoms with Crippen LogP contribution < -0.4 is 5.32 Å². The third kappa shape index (κ3) is 4.12. The largest absolute Gasteiger partial charge is 0.444 e. The lowest BCUT2D eigenvalue weighted by Gasteiger charge is -2.23. The van der Waals surface area contributed by atoms with Gasteiger partial charge in [0.15, 0.2) is 11.6 Å². The summed E-state index contributed by atoms with van der Waals surface area (Å²) in [6.07, 6.45) is 3.03. The number of fused-ring (bicyclic) bond motifs is 1. The highest BCUT2D eigenvalue weighted by Crippen LogP contribution is 2.47. The first-order chi connectivity index (χ1) is 17.9. The van der Waals surface area contributed by atoms with Gasteiger partial charge in [-0.1, -0.05) is 60.7 Å². The number of nitrogens with one attached hydrogen (secondary N) is 2. The van der Waals surface area contributed by atoms with Gasteiger partial charge in [-0.25, -0.2) is 13.6 Å². The molecule has 1 saturated carbocycles. The van der Waals surface area contributed by atoms with Gasteiger partial charge in [0.05, 0.1) is 12.1 Å². The Morgan fingerprint density at radius 3 is 2.49 bits per heavy atom. The molecule has 2 amide bonds. The summed E-state index contributed by atoms with van der Waals surface area (Å²) in [4.78, 5) is 31.5. The summed E-state index contributed by atoms with van der Waals surface area (Å²) in [5.74, 6) is -2.32. The van der Waals surface area contributed by atoms with Crippen molar-refractivity contribution in [2.24, 2.45) is 0 Å². The standard InChI is InChI=1S/C29H25F2N3O3/c30-23-11-6-7-19(25(23)31)17-37-27(36)34-18-29(34,15-20-16-32-24-12-5-4-10-22(20)24)26(35)33-28(13-14-28)21-8-2-1-3-9-21/h1-12,16,32H,13-15,17-18H2,(H,33,35)/t29-,34?/m0/s1. The fraction of sp³-hybridized carbons (Fsp3) is 0.241. The zero-order valence-corrected chi connectivity index (χ0v) is 20.0. The molecule has 4 aromatic rings. The normalized spacial score (nSPS) is 19.5.